The summed E-state index contributed by atoms with van der Waals surface area (Å²) in [4.78, 5) is 25.7. The van der Waals surface area contributed by atoms with Crippen molar-refractivity contribution >= 4 is 24.1 Å². The molecule has 0 unspecified atom stereocenters. The van der Waals surface area contributed by atoms with Crippen LogP contribution in [0.3, 0.4) is 0 Å². The Hall–Kier alpha value is -4.01. The van der Waals surface area contributed by atoms with Crippen LogP contribution < -0.4 is 0 Å². The van der Waals surface area contributed by atoms with Crippen molar-refractivity contribution < 1.29 is 19.8 Å². The van der Waals surface area contributed by atoms with Gasteiger partial charge in [-0.15, -0.1) is 20.4 Å². The number of hydrogen-bond acceptors (Lipinski definition) is 7. The molecule has 0 atom stereocenters. The standard InChI is InChI=1S/C17H11N5O4/c23-15(24)12-3-1-10(2-4-12)9-18-17-21-19-14(20-22-17)11-5-7-13(8-6-11)16(25)26/h1-9H,(H,23,24)(H,25,26). The maximum absolute atomic E-state index is 10.8. The number of benzene rings is 2. The minimum Gasteiger partial charge on any atom is -0.478 e. The molecule has 0 aliphatic carbocycles. The van der Waals surface area contributed by atoms with E-state index < -0.39 is 11.9 Å². The van der Waals surface area contributed by atoms with E-state index in [0.29, 0.717) is 11.1 Å². The Morgan fingerprint density at radius 2 is 1.27 bits per heavy atom. The Balaban J connectivity index is 1.72. The van der Waals surface area contributed by atoms with Crippen LogP contribution in [0.4, 0.5) is 5.95 Å². The zero-order chi connectivity index (χ0) is 18.5. The van der Waals surface area contributed by atoms with Crippen LogP contribution in [0, 0.1) is 0 Å². The van der Waals surface area contributed by atoms with Crippen LogP contribution in [-0.4, -0.2) is 48.8 Å². The van der Waals surface area contributed by atoms with Crippen LogP contribution in [0.2, 0.25) is 0 Å². The van der Waals surface area contributed by atoms with Crippen molar-refractivity contribution in [2.24, 2.45) is 4.99 Å². The van der Waals surface area contributed by atoms with Crippen LogP contribution in [-0.2, 0) is 0 Å². The average molecular weight is 349 g/mol. The summed E-state index contributed by atoms with van der Waals surface area (Å²) in [6.07, 6.45) is 1.46. The monoisotopic (exact) mass is 349 g/mol. The molecule has 1 aromatic heterocycles. The largest absolute Gasteiger partial charge is 0.478 e. The molecule has 0 bridgehead atoms. The molecule has 128 valence electrons. The molecule has 0 radical (unpaired) electrons. The van der Waals surface area contributed by atoms with Gasteiger partial charge in [0.05, 0.1) is 11.1 Å². The molecule has 9 heteroatoms. The SMILES string of the molecule is O=C(O)c1ccc(C=Nc2nnc(-c3ccc(C(=O)O)cc3)nn2)cc1. The Kier molecular flexibility index (Phi) is 4.70. The summed E-state index contributed by atoms with van der Waals surface area (Å²) >= 11 is 0. The molecule has 0 amide bonds. The van der Waals surface area contributed by atoms with Gasteiger partial charge >= 0.3 is 11.9 Å². The van der Waals surface area contributed by atoms with E-state index >= 15 is 0 Å². The fourth-order valence-corrected chi connectivity index (χ4v) is 2.00. The number of carboxylic acids is 2. The second kappa shape index (κ2) is 7.26. The summed E-state index contributed by atoms with van der Waals surface area (Å²) in [5.41, 5.74) is 1.59. The number of aliphatic imine (C=N–C) groups is 1. The summed E-state index contributed by atoms with van der Waals surface area (Å²) in [6, 6.07) is 12.1. The Morgan fingerprint density at radius 3 is 1.77 bits per heavy atom. The minimum atomic E-state index is -1.02. The highest BCUT2D eigenvalue weighted by Gasteiger charge is 2.07. The van der Waals surface area contributed by atoms with Gasteiger partial charge in [-0.05, 0) is 29.8 Å². The van der Waals surface area contributed by atoms with E-state index in [1.807, 2.05) is 0 Å². The van der Waals surface area contributed by atoms with Crippen LogP contribution in [0.15, 0.2) is 53.5 Å². The van der Waals surface area contributed by atoms with Gasteiger partial charge in [-0.3, -0.25) is 0 Å². The first-order chi connectivity index (χ1) is 12.5. The number of nitrogens with zero attached hydrogens (tertiary/aromatic N) is 5. The molecule has 2 N–H and O–H groups in total. The van der Waals surface area contributed by atoms with Crippen LogP contribution >= 0.6 is 0 Å². The number of carbonyl (C=O) groups is 2. The molecule has 0 saturated heterocycles. The van der Waals surface area contributed by atoms with Gasteiger partial charge in [0.1, 0.15) is 0 Å². The molecule has 0 aliphatic rings. The quantitative estimate of drug-likeness (QED) is 0.667. The molecular weight excluding hydrogens is 338 g/mol. The van der Waals surface area contributed by atoms with Gasteiger partial charge in [0.15, 0.2) is 0 Å². The van der Waals surface area contributed by atoms with Gasteiger partial charge in [-0.25, -0.2) is 14.6 Å². The second-order valence-corrected chi connectivity index (χ2v) is 5.09. The Bertz CT molecular complexity index is 968. The highest BCUT2D eigenvalue weighted by Crippen LogP contribution is 2.15. The van der Waals surface area contributed by atoms with Crippen molar-refractivity contribution in [3.8, 4) is 11.4 Å². The van der Waals surface area contributed by atoms with Crippen molar-refractivity contribution in [2.45, 2.75) is 0 Å². The van der Waals surface area contributed by atoms with E-state index in [-0.39, 0.29) is 22.9 Å². The molecule has 3 aromatic rings. The lowest BCUT2D eigenvalue weighted by molar-refractivity contribution is 0.0686. The molecule has 9 nitrogen and oxygen atoms in total. The molecule has 3 rings (SSSR count). The van der Waals surface area contributed by atoms with E-state index in [9.17, 15) is 9.59 Å². The van der Waals surface area contributed by atoms with Crippen LogP contribution in [0.5, 0.6) is 0 Å². The highest BCUT2D eigenvalue weighted by molar-refractivity contribution is 5.89. The summed E-state index contributed by atoms with van der Waals surface area (Å²) < 4.78 is 0. The number of hydrogen-bond donors (Lipinski definition) is 2. The van der Waals surface area contributed by atoms with Crippen molar-refractivity contribution in [1.29, 1.82) is 0 Å². The first-order valence-electron chi connectivity index (χ1n) is 7.31. The summed E-state index contributed by atoms with van der Waals surface area (Å²) in [7, 11) is 0. The summed E-state index contributed by atoms with van der Waals surface area (Å²) in [5.74, 6) is -1.74. The van der Waals surface area contributed by atoms with Crippen molar-refractivity contribution in [1.82, 2.24) is 20.4 Å². The third-order valence-electron chi connectivity index (χ3n) is 3.35. The smallest absolute Gasteiger partial charge is 0.335 e. The van der Waals surface area contributed by atoms with Gasteiger partial charge in [-0.1, -0.05) is 24.3 Å². The first-order valence-corrected chi connectivity index (χ1v) is 7.31. The van der Waals surface area contributed by atoms with Gasteiger partial charge in [0.2, 0.25) is 5.82 Å². The van der Waals surface area contributed by atoms with Crippen molar-refractivity contribution in [3.05, 3.63) is 65.2 Å². The molecule has 2 aromatic carbocycles. The van der Waals surface area contributed by atoms with E-state index in [4.69, 9.17) is 10.2 Å². The van der Waals surface area contributed by atoms with Crippen LogP contribution in [0.25, 0.3) is 11.4 Å². The maximum atomic E-state index is 10.8. The van der Waals surface area contributed by atoms with Gasteiger partial charge in [0, 0.05) is 11.8 Å². The molecule has 0 spiro atoms. The number of aromatic nitrogens is 4. The molecule has 1 heterocycles. The highest BCUT2D eigenvalue weighted by atomic mass is 16.4. The van der Waals surface area contributed by atoms with Gasteiger partial charge in [-0.2, -0.15) is 0 Å². The van der Waals surface area contributed by atoms with E-state index in [2.05, 4.69) is 25.4 Å². The molecule has 0 saturated carbocycles. The molecule has 0 fully saturated rings. The zero-order valence-electron chi connectivity index (χ0n) is 13.1. The number of carboxylic acid groups (broad SMARTS) is 2. The topological polar surface area (TPSA) is 139 Å². The van der Waals surface area contributed by atoms with E-state index in [1.165, 1.54) is 30.5 Å². The molecular formula is C17H11N5O4. The third kappa shape index (κ3) is 3.90. The molecule has 26 heavy (non-hydrogen) atoms. The lowest BCUT2D eigenvalue weighted by Crippen LogP contribution is -1.98. The third-order valence-corrected chi connectivity index (χ3v) is 3.35. The fraction of sp³-hybridized carbons (Fsp3) is 0. The minimum absolute atomic E-state index is 0.0400. The molecule has 0 aliphatic heterocycles. The average Bonchev–Trinajstić information content (AvgIpc) is 2.67. The van der Waals surface area contributed by atoms with E-state index in [0.717, 1.165) is 0 Å². The van der Waals surface area contributed by atoms with Gasteiger partial charge < -0.3 is 10.2 Å². The number of rotatable bonds is 5. The normalized spacial score (nSPS) is 10.8. The predicted octanol–water partition coefficient (Wildman–Crippen LogP) is 2.08. The van der Waals surface area contributed by atoms with E-state index in [1.54, 1.807) is 24.3 Å². The predicted molar refractivity (Wildman–Crippen MR) is 90.7 cm³/mol. The zero-order valence-corrected chi connectivity index (χ0v) is 13.1. The second-order valence-electron chi connectivity index (χ2n) is 5.09. The summed E-state index contributed by atoms with van der Waals surface area (Å²) in [6.45, 7) is 0. The van der Waals surface area contributed by atoms with Gasteiger partial charge in [0.25, 0.3) is 5.95 Å². The first kappa shape index (κ1) is 16.8. The summed E-state index contributed by atoms with van der Waals surface area (Å²) in [5, 5.41) is 33.2. The Labute approximate surface area is 146 Å². The van der Waals surface area contributed by atoms with Crippen molar-refractivity contribution in [3.63, 3.8) is 0 Å². The lowest BCUT2D eigenvalue weighted by atomic mass is 10.1. The van der Waals surface area contributed by atoms with Crippen molar-refractivity contribution in [2.75, 3.05) is 0 Å². The Morgan fingerprint density at radius 1 is 0.769 bits per heavy atom. The fourth-order valence-electron chi connectivity index (χ4n) is 2.00. The number of aromatic carboxylic acids is 2. The van der Waals surface area contributed by atoms with Crippen LogP contribution in [0.1, 0.15) is 26.3 Å². The lowest BCUT2D eigenvalue weighted by Gasteiger charge is -1.99. The maximum Gasteiger partial charge on any atom is 0.335 e.